The molecule has 3 heteroatoms. The monoisotopic (exact) mass is 284 g/mol. The fraction of sp³-hybridized carbons (Fsp3) is 0.389. The van der Waals surface area contributed by atoms with Crippen molar-refractivity contribution in [1.29, 1.82) is 0 Å². The number of rotatable bonds is 8. The lowest BCUT2D eigenvalue weighted by atomic mass is 10.0. The topological polar surface area (TPSA) is 45.2 Å². The molecule has 0 spiro atoms. The molecule has 0 fully saturated rings. The molecule has 2 aromatic rings. The van der Waals surface area contributed by atoms with Gasteiger partial charge in [0.25, 0.3) is 0 Å². The van der Waals surface area contributed by atoms with Crippen LogP contribution in [0, 0.1) is 0 Å². The molecular formula is C18H24N2O. The molecule has 1 aromatic heterocycles. The van der Waals surface area contributed by atoms with E-state index in [-0.39, 0.29) is 0 Å². The van der Waals surface area contributed by atoms with E-state index in [9.17, 15) is 5.11 Å². The molecule has 3 nitrogen and oxygen atoms in total. The molecule has 0 saturated carbocycles. The van der Waals surface area contributed by atoms with Crippen molar-refractivity contribution < 1.29 is 5.11 Å². The molecule has 0 aliphatic heterocycles. The fourth-order valence-corrected chi connectivity index (χ4v) is 2.41. The van der Waals surface area contributed by atoms with Gasteiger partial charge >= 0.3 is 0 Å². The number of aryl methyl sites for hydroxylation is 1. The number of pyridine rings is 1. The molecule has 1 heterocycles. The summed E-state index contributed by atoms with van der Waals surface area (Å²) in [6.07, 6.45) is 6.41. The zero-order valence-corrected chi connectivity index (χ0v) is 12.6. The summed E-state index contributed by atoms with van der Waals surface area (Å²) in [7, 11) is 0. The molecule has 21 heavy (non-hydrogen) atoms. The van der Waals surface area contributed by atoms with Crippen molar-refractivity contribution >= 4 is 0 Å². The molecule has 0 amide bonds. The van der Waals surface area contributed by atoms with E-state index in [1.807, 2.05) is 42.6 Å². The van der Waals surface area contributed by atoms with Crippen LogP contribution in [0.15, 0.2) is 54.9 Å². The highest BCUT2D eigenvalue weighted by atomic mass is 16.3. The second-order valence-corrected chi connectivity index (χ2v) is 5.34. The maximum Gasteiger partial charge on any atom is 0.0914 e. The predicted octanol–water partition coefficient (Wildman–Crippen LogP) is 3.12. The summed E-state index contributed by atoms with van der Waals surface area (Å²) < 4.78 is 0. The Bertz CT molecular complexity index is 501. The van der Waals surface area contributed by atoms with Crippen LogP contribution in [0.4, 0.5) is 0 Å². The first-order chi connectivity index (χ1) is 10.3. The van der Waals surface area contributed by atoms with Gasteiger partial charge in [0, 0.05) is 25.0 Å². The molecule has 0 saturated heterocycles. The van der Waals surface area contributed by atoms with Crippen LogP contribution in [-0.4, -0.2) is 22.7 Å². The Kier molecular flexibility index (Phi) is 6.38. The SMILES string of the molecule is CCC(CCc1cccnc1)NC[C@H](O)c1ccccc1. The average Bonchev–Trinajstić information content (AvgIpc) is 2.56. The van der Waals surface area contributed by atoms with E-state index in [4.69, 9.17) is 0 Å². The maximum absolute atomic E-state index is 10.2. The van der Waals surface area contributed by atoms with Gasteiger partial charge in [-0.2, -0.15) is 0 Å². The molecule has 0 aliphatic carbocycles. The van der Waals surface area contributed by atoms with Gasteiger partial charge in [-0.05, 0) is 36.5 Å². The van der Waals surface area contributed by atoms with Crippen LogP contribution in [0.3, 0.4) is 0 Å². The van der Waals surface area contributed by atoms with Gasteiger partial charge in [-0.25, -0.2) is 0 Å². The summed E-state index contributed by atoms with van der Waals surface area (Å²) in [5.41, 5.74) is 2.23. The molecule has 0 bridgehead atoms. The summed E-state index contributed by atoms with van der Waals surface area (Å²) >= 11 is 0. The van der Waals surface area contributed by atoms with Crippen molar-refractivity contribution in [2.24, 2.45) is 0 Å². The van der Waals surface area contributed by atoms with Crippen molar-refractivity contribution in [3.05, 3.63) is 66.0 Å². The maximum atomic E-state index is 10.2. The highest BCUT2D eigenvalue weighted by molar-refractivity contribution is 5.17. The quantitative estimate of drug-likeness (QED) is 0.783. The fourth-order valence-electron chi connectivity index (χ4n) is 2.41. The third kappa shape index (κ3) is 5.29. The highest BCUT2D eigenvalue weighted by Gasteiger charge is 2.11. The minimum Gasteiger partial charge on any atom is -0.387 e. The molecule has 2 N–H and O–H groups in total. The van der Waals surface area contributed by atoms with Gasteiger partial charge in [0.05, 0.1) is 6.10 Å². The van der Waals surface area contributed by atoms with Crippen LogP contribution in [0.1, 0.15) is 37.0 Å². The predicted molar refractivity (Wildman–Crippen MR) is 86.0 cm³/mol. The Morgan fingerprint density at radius 3 is 2.62 bits per heavy atom. The first kappa shape index (κ1) is 15.7. The van der Waals surface area contributed by atoms with Crippen molar-refractivity contribution in [2.45, 2.75) is 38.3 Å². The average molecular weight is 284 g/mol. The van der Waals surface area contributed by atoms with Crippen LogP contribution in [0.5, 0.6) is 0 Å². The number of aliphatic hydroxyl groups excluding tert-OH is 1. The first-order valence-corrected chi connectivity index (χ1v) is 7.65. The molecule has 1 aromatic carbocycles. The Morgan fingerprint density at radius 2 is 1.95 bits per heavy atom. The number of nitrogens with zero attached hydrogens (tertiary/aromatic N) is 1. The van der Waals surface area contributed by atoms with Gasteiger partial charge in [0.2, 0.25) is 0 Å². The van der Waals surface area contributed by atoms with E-state index in [0.717, 1.165) is 24.8 Å². The lowest BCUT2D eigenvalue weighted by Crippen LogP contribution is -2.32. The van der Waals surface area contributed by atoms with Gasteiger partial charge in [0.1, 0.15) is 0 Å². The van der Waals surface area contributed by atoms with Crippen LogP contribution in [0.2, 0.25) is 0 Å². The van der Waals surface area contributed by atoms with Crippen molar-refractivity contribution in [3.8, 4) is 0 Å². The molecule has 1 unspecified atom stereocenters. The number of hydrogen-bond donors (Lipinski definition) is 2. The second kappa shape index (κ2) is 8.55. The summed E-state index contributed by atoms with van der Waals surface area (Å²) in [5, 5.41) is 13.6. The minimum absolute atomic E-state index is 0.420. The number of nitrogens with one attached hydrogen (secondary N) is 1. The Balaban J connectivity index is 1.77. The number of benzene rings is 1. The van der Waals surface area contributed by atoms with Gasteiger partial charge in [-0.3, -0.25) is 4.98 Å². The van der Waals surface area contributed by atoms with Crippen molar-refractivity contribution in [3.63, 3.8) is 0 Å². The first-order valence-electron chi connectivity index (χ1n) is 7.65. The van der Waals surface area contributed by atoms with Crippen LogP contribution in [-0.2, 0) is 6.42 Å². The standard InChI is InChI=1S/C18H24N2O/c1-2-17(11-10-15-7-6-12-19-13-15)20-14-18(21)16-8-4-3-5-9-16/h3-9,12-13,17-18,20-21H,2,10-11,14H2,1H3/t17?,18-/m0/s1. The lowest BCUT2D eigenvalue weighted by Gasteiger charge is -2.19. The number of aliphatic hydroxyl groups is 1. The Labute approximate surface area is 127 Å². The van der Waals surface area contributed by atoms with Gasteiger partial charge in [0.15, 0.2) is 0 Å². The normalized spacial score (nSPS) is 13.8. The van der Waals surface area contributed by atoms with E-state index in [1.165, 1.54) is 5.56 Å². The summed E-state index contributed by atoms with van der Waals surface area (Å²) in [6.45, 7) is 2.77. The molecule has 0 radical (unpaired) electrons. The zero-order chi connectivity index (χ0) is 14.9. The largest absolute Gasteiger partial charge is 0.387 e. The minimum atomic E-state index is -0.446. The molecular weight excluding hydrogens is 260 g/mol. The third-order valence-corrected chi connectivity index (χ3v) is 3.78. The van der Waals surface area contributed by atoms with Crippen molar-refractivity contribution in [1.82, 2.24) is 10.3 Å². The molecule has 2 atom stereocenters. The van der Waals surface area contributed by atoms with E-state index in [2.05, 4.69) is 23.3 Å². The van der Waals surface area contributed by atoms with Gasteiger partial charge in [-0.1, -0.05) is 43.3 Å². The summed E-state index contributed by atoms with van der Waals surface area (Å²) in [4.78, 5) is 4.14. The van der Waals surface area contributed by atoms with Gasteiger partial charge < -0.3 is 10.4 Å². The molecule has 2 rings (SSSR count). The van der Waals surface area contributed by atoms with Crippen molar-refractivity contribution in [2.75, 3.05) is 6.54 Å². The molecule has 112 valence electrons. The third-order valence-electron chi connectivity index (χ3n) is 3.78. The Morgan fingerprint density at radius 1 is 1.14 bits per heavy atom. The van der Waals surface area contributed by atoms with Crippen LogP contribution < -0.4 is 5.32 Å². The summed E-state index contributed by atoms with van der Waals surface area (Å²) in [5.74, 6) is 0. The highest BCUT2D eigenvalue weighted by Crippen LogP contribution is 2.12. The van der Waals surface area contributed by atoms with Crippen LogP contribution >= 0.6 is 0 Å². The summed E-state index contributed by atoms with van der Waals surface area (Å²) in [6, 6.07) is 14.3. The second-order valence-electron chi connectivity index (χ2n) is 5.34. The van der Waals surface area contributed by atoms with E-state index in [0.29, 0.717) is 12.6 Å². The smallest absolute Gasteiger partial charge is 0.0914 e. The van der Waals surface area contributed by atoms with E-state index >= 15 is 0 Å². The Hall–Kier alpha value is -1.71. The van der Waals surface area contributed by atoms with E-state index < -0.39 is 6.10 Å². The van der Waals surface area contributed by atoms with E-state index in [1.54, 1.807) is 6.20 Å². The number of hydrogen-bond acceptors (Lipinski definition) is 3. The van der Waals surface area contributed by atoms with Gasteiger partial charge in [-0.15, -0.1) is 0 Å². The lowest BCUT2D eigenvalue weighted by molar-refractivity contribution is 0.168. The van der Waals surface area contributed by atoms with Crippen LogP contribution in [0.25, 0.3) is 0 Å². The number of aromatic nitrogens is 1. The zero-order valence-electron chi connectivity index (χ0n) is 12.6. The molecule has 0 aliphatic rings.